The van der Waals surface area contributed by atoms with E-state index in [4.69, 9.17) is 14.2 Å². The van der Waals surface area contributed by atoms with Gasteiger partial charge in [-0.1, -0.05) is 18.2 Å². The quantitative estimate of drug-likeness (QED) is 0.737. The van der Waals surface area contributed by atoms with Crippen molar-refractivity contribution < 1.29 is 14.2 Å². The average Bonchev–Trinajstić information content (AvgIpc) is 2.72. The Morgan fingerprint density at radius 1 is 0.923 bits per heavy atom. The summed E-state index contributed by atoms with van der Waals surface area (Å²) in [4.78, 5) is 2.37. The van der Waals surface area contributed by atoms with E-state index in [0.29, 0.717) is 0 Å². The van der Waals surface area contributed by atoms with Crippen LogP contribution in [0.25, 0.3) is 0 Å². The first kappa shape index (κ1) is 18.5. The highest BCUT2D eigenvalue weighted by molar-refractivity contribution is 5.48. The lowest BCUT2D eigenvalue weighted by molar-refractivity contribution is 0.122. The molecule has 1 aliphatic rings. The minimum absolute atomic E-state index is 0.768. The van der Waals surface area contributed by atoms with Crippen LogP contribution in [0.4, 0.5) is 5.69 Å². The molecule has 0 atom stereocenters. The minimum Gasteiger partial charge on any atom is -0.493 e. The standard InChI is InChI=1S/C21H28N2O3/c1-24-20-8-5-17(15-21(20)25-2)9-10-22-16-18-3-6-19(7-4-18)23-11-13-26-14-12-23/h3-8,15,22H,9-14,16H2,1-2H3. The molecule has 0 spiro atoms. The summed E-state index contributed by atoms with van der Waals surface area (Å²) in [6, 6.07) is 14.9. The topological polar surface area (TPSA) is 43.0 Å². The van der Waals surface area contributed by atoms with E-state index in [0.717, 1.165) is 57.3 Å². The summed E-state index contributed by atoms with van der Waals surface area (Å²) >= 11 is 0. The van der Waals surface area contributed by atoms with Gasteiger partial charge in [0.05, 0.1) is 27.4 Å². The second-order valence-corrected chi connectivity index (χ2v) is 6.38. The van der Waals surface area contributed by atoms with E-state index in [-0.39, 0.29) is 0 Å². The highest BCUT2D eigenvalue weighted by atomic mass is 16.5. The first-order chi connectivity index (χ1) is 12.8. The molecule has 26 heavy (non-hydrogen) atoms. The molecule has 0 saturated carbocycles. The molecule has 0 amide bonds. The van der Waals surface area contributed by atoms with Gasteiger partial charge in [-0.15, -0.1) is 0 Å². The Morgan fingerprint density at radius 3 is 2.31 bits per heavy atom. The van der Waals surface area contributed by atoms with Gasteiger partial charge in [-0.3, -0.25) is 0 Å². The normalized spacial score (nSPS) is 14.3. The van der Waals surface area contributed by atoms with Crippen LogP contribution in [0, 0.1) is 0 Å². The molecule has 0 aliphatic carbocycles. The zero-order valence-corrected chi connectivity index (χ0v) is 15.7. The van der Waals surface area contributed by atoms with Crippen molar-refractivity contribution in [1.29, 1.82) is 0 Å². The fourth-order valence-electron chi connectivity index (χ4n) is 3.15. The smallest absolute Gasteiger partial charge is 0.160 e. The predicted molar refractivity (Wildman–Crippen MR) is 104 cm³/mol. The van der Waals surface area contributed by atoms with Crippen molar-refractivity contribution in [2.24, 2.45) is 0 Å². The lowest BCUT2D eigenvalue weighted by atomic mass is 10.1. The summed E-state index contributed by atoms with van der Waals surface area (Å²) in [7, 11) is 3.32. The monoisotopic (exact) mass is 356 g/mol. The largest absolute Gasteiger partial charge is 0.493 e. The molecule has 0 radical (unpaired) electrons. The third kappa shape index (κ3) is 4.90. The van der Waals surface area contributed by atoms with Crippen LogP contribution in [0.15, 0.2) is 42.5 Å². The summed E-state index contributed by atoms with van der Waals surface area (Å²) < 4.78 is 16.0. The predicted octanol–water partition coefficient (Wildman–Crippen LogP) is 2.87. The Morgan fingerprint density at radius 2 is 1.62 bits per heavy atom. The summed E-state index contributed by atoms with van der Waals surface area (Å²) in [5.41, 5.74) is 3.81. The van der Waals surface area contributed by atoms with Gasteiger partial charge in [-0.2, -0.15) is 0 Å². The Labute approximate surface area is 155 Å². The molecule has 0 unspecified atom stereocenters. The molecule has 140 valence electrons. The van der Waals surface area contributed by atoms with E-state index < -0.39 is 0 Å². The van der Waals surface area contributed by atoms with Gasteiger partial charge in [0.1, 0.15) is 0 Å². The van der Waals surface area contributed by atoms with Crippen molar-refractivity contribution in [3.8, 4) is 11.5 Å². The van der Waals surface area contributed by atoms with Gasteiger partial charge in [0.2, 0.25) is 0 Å². The van der Waals surface area contributed by atoms with Crippen molar-refractivity contribution >= 4 is 5.69 Å². The van der Waals surface area contributed by atoms with E-state index in [9.17, 15) is 0 Å². The summed E-state index contributed by atoms with van der Waals surface area (Å²) in [5, 5.41) is 3.51. The van der Waals surface area contributed by atoms with Gasteiger partial charge >= 0.3 is 0 Å². The van der Waals surface area contributed by atoms with Crippen LogP contribution in [-0.2, 0) is 17.7 Å². The molecule has 1 aliphatic heterocycles. The van der Waals surface area contributed by atoms with Gasteiger partial charge < -0.3 is 24.4 Å². The number of benzene rings is 2. The molecule has 1 N–H and O–H groups in total. The van der Waals surface area contributed by atoms with Crippen LogP contribution in [0.5, 0.6) is 11.5 Å². The number of nitrogens with zero attached hydrogens (tertiary/aromatic N) is 1. The van der Waals surface area contributed by atoms with Gasteiger partial charge in [-0.25, -0.2) is 0 Å². The SMILES string of the molecule is COc1ccc(CCNCc2ccc(N3CCOCC3)cc2)cc1OC. The molecule has 0 aromatic heterocycles. The lowest BCUT2D eigenvalue weighted by Gasteiger charge is -2.28. The van der Waals surface area contributed by atoms with E-state index in [1.165, 1.54) is 16.8 Å². The molecular formula is C21H28N2O3. The minimum atomic E-state index is 0.768. The maximum atomic E-state index is 5.41. The van der Waals surface area contributed by atoms with Crippen molar-refractivity contribution in [3.05, 3.63) is 53.6 Å². The zero-order chi connectivity index (χ0) is 18.2. The second kappa shape index (κ2) is 9.46. The van der Waals surface area contributed by atoms with Crippen LogP contribution in [0.2, 0.25) is 0 Å². The van der Waals surface area contributed by atoms with Crippen molar-refractivity contribution in [1.82, 2.24) is 5.32 Å². The number of hydrogen-bond acceptors (Lipinski definition) is 5. The van der Waals surface area contributed by atoms with Crippen molar-refractivity contribution in [2.45, 2.75) is 13.0 Å². The molecule has 2 aromatic carbocycles. The summed E-state index contributed by atoms with van der Waals surface area (Å²) in [6.07, 6.45) is 0.951. The highest BCUT2D eigenvalue weighted by Crippen LogP contribution is 2.27. The summed E-state index contributed by atoms with van der Waals surface area (Å²) in [6.45, 7) is 5.38. The van der Waals surface area contributed by atoms with E-state index in [1.807, 2.05) is 12.1 Å². The van der Waals surface area contributed by atoms with Crippen LogP contribution in [-0.4, -0.2) is 47.1 Å². The molecule has 0 bridgehead atoms. The Hall–Kier alpha value is -2.24. The first-order valence-electron chi connectivity index (χ1n) is 9.13. The number of hydrogen-bond donors (Lipinski definition) is 1. The van der Waals surface area contributed by atoms with Crippen molar-refractivity contribution in [3.63, 3.8) is 0 Å². The first-order valence-corrected chi connectivity index (χ1v) is 9.13. The second-order valence-electron chi connectivity index (χ2n) is 6.38. The lowest BCUT2D eigenvalue weighted by Crippen LogP contribution is -2.36. The average molecular weight is 356 g/mol. The number of nitrogens with one attached hydrogen (secondary N) is 1. The Bertz CT molecular complexity index is 682. The molecule has 1 fully saturated rings. The molecular weight excluding hydrogens is 328 g/mol. The van der Waals surface area contributed by atoms with Gasteiger partial charge in [0, 0.05) is 25.3 Å². The van der Waals surface area contributed by atoms with Crippen LogP contribution in [0.1, 0.15) is 11.1 Å². The molecule has 5 nitrogen and oxygen atoms in total. The highest BCUT2D eigenvalue weighted by Gasteiger charge is 2.10. The molecule has 3 rings (SSSR count). The fraction of sp³-hybridized carbons (Fsp3) is 0.429. The summed E-state index contributed by atoms with van der Waals surface area (Å²) in [5.74, 6) is 1.55. The maximum absolute atomic E-state index is 5.41. The van der Waals surface area contributed by atoms with Gasteiger partial charge in [0.15, 0.2) is 11.5 Å². The number of anilines is 1. The fourth-order valence-corrected chi connectivity index (χ4v) is 3.15. The van der Waals surface area contributed by atoms with Gasteiger partial charge in [-0.05, 0) is 48.4 Å². The van der Waals surface area contributed by atoms with E-state index >= 15 is 0 Å². The number of rotatable bonds is 8. The third-order valence-corrected chi connectivity index (χ3v) is 4.68. The molecule has 2 aromatic rings. The molecule has 1 saturated heterocycles. The Kier molecular flexibility index (Phi) is 6.75. The zero-order valence-electron chi connectivity index (χ0n) is 15.7. The Balaban J connectivity index is 1.44. The van der Waals surface area contributed by atoms with Crippen molar-refractivity contribution in [2.75, 3.05) is 52.0 Å². The molecule has 5 heteroatoms. The van der Waals surface area contributed by atoms with Crippen LogP contribution in [0.3, 0.4) is 0 Å². The molecule has 1 heterocycles. The van der Waals surface area contributed by atoms with E-state index in [1.54, 1.807) is 14.2 Å². The number of morpholine rings is 1. The van der Waals surface area contributed by atoms with Crippen LogP contribution >= 0.6 is 0 Å². The number of ether oxygens (including phenoxy) is 3. The third-order valence-electron chi connectivity index (χ3n) is 4.68. The van der Waals surface area contributed by atoms with Crippen LogP contribution < -0.4 is 19.7 Å². The maximum Gasteiger partial charge on any atom is 0.160 e. The van der Waals surface area contributed by atoms with E-state index in [2.05, 4.69) is 40.5 Å². The van der Waals surface area contributed by atoms with Gasteiger partial charge in [0.25, 0.3) is 0 Å². The number of methoxy groups -OCH3 is 2.